The number of nitrogen functional groups attached to an aromatic ring is 1. The second-order valence-electron chi connectivity index (χ2n) is 6.52. The summed E-state index contributed by atoms with van der Waals surface area (Å²) in [4.78, 5) is 0. The van der Waals surface area contributed by atoms with Gasteiger partial charge in [0.2, 0.25) is 0 Å². The van der Waals surface area contributed by atoms with Gasteiger partial charge in [0.05, 0.1) is 11.3 Å². The van der Waals surface area contributed by atoms with Crippen LogP contribution in [0.2, 0.25) is 0 Å². The molecule has 7 nitrogen and oxygen atoms in total. The number of aromatic nitrogens is 5. The standard InChI is InChI=1S/C12H6F6N6.C5H11N/c13-11(14,15)5-2-1-4(8-9(5)22-24-21-8)7-3-6(12(16,17)18)10(19)23-20-7;1-2-4-6-5-3-1/h1-3H,(H2,19,23)(H,21,22,24);6H,1-5H2. The molecule has 3 heterocycles. The summed E-state index contributed by atoms with van der Waals surface area (Å²) in [6, 6.07) is 2.23. The van der Waals surface area contributed by atoms with Crippen molar-refractivity contribution in [2.24, 2.45) is 0 Å². The van der Waals surface area contributed by atoms with Crippen molar-refractivity contribution in [3.63, 3.8) is 0 Å². The average Bonchev–Trinajstić information content (AvgIpc) is 3.17. The quantitative estimate of drug-likeness (QED) is 0.505. The monoisotopic (exact) mass is 433 g/mol. The Kier molecular flexibility index (Phi) is 6.10. The zero-order valence-corrected chi connectivity index (χ0v) is 15.4. The van der Waals surface area contributed by atoms with Crippen LogP contribution in [0.3, 0.4) is 0 Å². The van der Waals surface area contributed by atoms with Gasteiger partial charge in [0, 0.05) is 5.56 Å². The number of anilines is 1. The molecule has 4 N–H and O–H groups in total. The van der Waals surface area contributed by atoms with Gasteiger partial charge in [-0.05, 0) is 44.1 Å². The summed E-state index contributed by atoms with van der Waals surface area (Å²) in [6.07, 6.45) is -5.27. The fourth-order valence-electron chi connectivity index (χ4n) is 2.93. The largest absolute Gasteiger partial charge is 0.420 e. The van der Waals surface area contributed by atoms with E-state index in [1.54, 1.807) is 0 Å². The van der Waals surface area contributed by atoms with Gasteiger partial charge in [0.25, 0.3) is 0 Å². The molecule has 1 saturated heterocycles. The number of nitrogens with zero attached hydrogens (tertiary/aromatic N) is 4. The summed E-state index contributed by atoms with van der Waals surface area (Å²) in [6.45, 7) is 2.50. The lowest BCUT2D eigenvalue weighted by molar-refractivity contribution is -0.137. The van der Waals surface area contributed by atoms with E-state index in [1.165, 1.54) is 32.4 Å². The van der Waals surface area contributed by atoms with Crippen molar-refractivity contribution in [3.05, 3.63) is 29.3 Å². The number of hydrogen-bond acceptors (Lipinski definition) is 6. The van der Waals surface area contributed by atoms with E-state index < -0.39 is 34.8 Å². The van der Waals surface area contributed by atoms with Crippen LogP contribution in [0.15, 0.2) is 18.2 Å². The molecule has 2 aromatic heterocycles. The second kappa shape index (κ2) is 8.42. The maximum atomic E-state index is 12.9. The number of hydrogen-bond donors (Lipinski definition) is 3. The van der Waals surface area contributed by atoms with Crippen molar-refractivity contribution >= 4 is 16.9 Å². The van der Waals surface area contributed by atoms with E-state index in [0.717, 1.165) is 6.07 Å². The molecule has 13 heteroatoms. The Morgan fingerprint density at radius 2 is 1.43 bits per heavy atom. The van der Waals surface area contributed by atoms with Gasteiger partial charge < -0.3 is 11.1 Å². The van der Waals surface area contributed by atoms with E-state index in [2.05, 4.69) is 25.7 Å². The van der Waals surface area contributed by atoms with Crippen LogP contribution in [0.5, 0.6) is 0 Å². The van der Waals surface area contributed by atoms with Crippen LogP contribution >= 0.6 is 0 Å². The number of halogens is 6. The molecular formula is C17H17F6N7. The predicted molar refractivity (Wildman–Crippen MR) is 96.1 cm³/mol. The number of nitrogens with two attached hydrogens (primary N) is 1. The molecule has 0 unspecified atom stereocenters. The van der Waals surface area contributed by atoms with Gasteiger partial charge in [-0.1, -0.05) is 6.42 Å². The number of rotatable bonds is 1. The molecule has 162 valence electrons. The van der Waals surface area contributed by atoms with E-state index in [-0.39, 0.29) is 16.8 Å². The van der Waals surface area contributed by atoms with E-state index in [0.29, 0.717) is 12.1 Å². The Balaban J connectivity index is 0.000000367. The summed E-state index contributed by atoms with van der Waals surface area (Å²) in [5.74, 6) is -0.838. The number of H-pyrrole nitrogens is 1. The van der Waals surface area contributed by atoms with Crippen LogP contribution < -0.4 is 11.1 Å². The van der Waals surface area contributed by atoms with Crippen LogP contribution in [-0.2, 0) is 12.4 Å². The van der Waals surface area contributed by atoms with Crippen molar-refractivity contribution in [2.45, 2.75) is 31.6 Å². The smallest absolute Gasteiger partial charge is 0.382 e. The normalized spacial score (nSPS) is 15.0. The summed E-state index contributed by atoms with van der Waals surface area (Å²) in [7, 11) is 0. The highest BCUT2D eigenvalue weighted by molar-refractivity contribution is 5.92. The Morgan fingerprint density at radius 1 is 0.800 bits per heavy atom. The minimum absolute atomic E-state index is 0.0928. The lowest BCUT2D eigenvalue weighted by Gasteiger charge is -2.11. The van der Waals surface area contributed by atoms with E-state index in [1.807, 2.05) is 5.21 Å². The Hall–Kier alpha value is -2.96. The number of benzene rings is 1. The fourth-order valence-corrected chi connectivity index (χ4v) is 2.93. The number of alkyl halides is 6. The molecule has 30 heavy (non-hydrogen) atoms. The highest BCUT2D eigenvalue weighted by Crippen LogP contribution is 2.38. The SMILES string of the molecule is C1CCNCC1.Nc1nnc(-c2ccc(C(F)(F)F)c3n[nH]nc23)cc1C(F)(F)F. The topological polar surface area (TPSA) is 105 Å². The first-order valence-electron chi connectivity index (χ1n) is 8.91. The molecule has 0 aliphatic carbocycles. The first-order chi connectivity index (χ1) is 14.1. The lowest BCUT2D eigenvalue weighted by atomic mass is 10.0. The van der Waals surface area contributed by atoms with Crippen LogP contribution in [0.4, 0.5) is 32.2 Å². The zero-order chi connectivity index (χ0) is 21.9. The maximum absolute atomic E-state index is 12.9. The van der Waals surface area contributed by atoms with E-state index in [4.69, 9.17) is 5.73 Å². The molecule has 1 aliphatic rings. The molecule has 0 radical (unpaired) electrons. The predicted octanol–water partition coefficient (Wildman–Crippen LogP) is 3.79. The molecule has 0 spiro atoms. The molecule has 3 aromatic rings. The molecule has 1 aliphatic heterocycles. The van der Waals surface area contributed by atoms with Crippen LogP contribution in [0.25, 0.3) is 22.3 Å². The number of nitrogens with one attached hydrogen (secondary N) is 2. The fraction of sp³-hybridized carbons (Fsp3) is 0.412. The van der Waals surface area contributed by atoms with E-state index in [9.17, 15) is 26.3 Å². The molecule has 0 amide bonds. The molecule has 4 rings (SSSR count). The van der Waals surface area contributed by atoms with Gasteiger partial charge >= 0.3 is 12.4 Å². The van der Waals surface area contributed by atoms with Gasteiger partial charge in [-0.2, -0.15) is 41.8 Å². The zero-order valence-electron chi connectivity index (χ0n) is 15.4. The summed E-state index contributed by atoms with van der Waals surface area (Å²) < 4.78 is 77.4. The summed E-state index contributed by atoms with van der Waals surface area (Å²) in [5.41, 5.74) is 1.59. The second-order valence-corrected chi connectivity index (χ2v) is 6.52. The van der Waals surface area contributed by atoms with Gasteiger partial charge in [0.15, 0.2) is 5.82 Å². The average molecular weight is 433 g/mol. The van der Waals surface area contributed by atoms with Gasteiger partial charge in [-0.3, -0.25) is 0 Å². The third-order valence-electron chi connectivity index (χ3n) is 4.39. The molecule has 1 fully saturated rings. The molecular weight excluding hydrogens is 416 g/mol. The van der Waals surface area contributed by atoms with Crippen molar-refractivity contribution in [3.8, 4) is 11.3 Å². The molecule has 0 saturated carbocycles. The van der Waals surface area contributed by atoms with Crippen molar-refractivity contribution in [1.29, 1.82) is 0 Å². The first kappa shape index (κ1) is 21.7. The minimum atomic E-state index is -4.79. The van der Waals surface area contributed by atoms with Crippen LogP contribution in [0.1, 0.15) is 30.4 Å². The molecule has 0 bridgehead atoms. The van der Waals surface area contributed by atoms with Gasteiger partial charge in [0.1, 0.15) is 16.6 Å². The van der Waals surface area contributed by atoms with Crippen molar-refractivity contribution < 1.29 is 26.3 Å². The van der Waals surface area contributed by atoms with E-state index >= 15 is 0 Å². The highest BCUT2D eigenvalue weighted by atomic mass is 19.4. The number of fused-ring (bicyclic) bond motifs is 1. The Labute approximate surface area is 166 Å². The van der Waals surface area contributed by atoms with Crippen LogP contribution in [0, 0.1) is 0 Å². The number of piperidine rings is 1. The molecule has 1 aromatic carbocycles. The lowest BCUT2D eigenvalue weighted by Crippen LogP contribution is -2.21. The summed E-state index contributed by atoms with van der Waals surface area (Å²) in [5, 5.41) is 19.0. The Bertz CT molecular complexity index is 996. The third-order valence-corrected chi connectivity index (χ3v) is 4.39. The Morgan fingerprint density at radius 3 is 1.97 bits per heavy atom. The highest BCUT2D eigenvalue weighted by Gasteiger charge is 2.36. The van der Waals surface area contributed by atoms with Gasteiger partial charge in [-0.25, -0.2) is 0 Å². The van der Waals surface area contributed by atoms with Crippen LogP contribution in [-0.4, -0.2) is 38.7 Å². The first-order valence-corrected chi connectivity index (χ1v) is 8.91. The number of aromatic amines is 1. The maximum Gasteiger partial charge on any atom is 0.420 e. The van der Waals surface area contributed by atoms with Crippen molar-refractivity contribution in [1.82, 2.24) is 30.9 Å². The third kappa shape index (κ3) is 4.78. The molecule has 0 atom stereocenters. The van der Waals surface area contributed by atoms with Gasteiger partial charge in [-0.15, -0.1) is 10.2 Å². The van der Waals surface area contributed by atoms with Crippen molar-refractivity contribution in [2.75, 3.05) is 18.8 Å². The minimum Gasteiger partial charge on any atom is -0.382 e. The summed E-state index contributed by atoms with van der Waals surface area (Å²) >= 11 is 0.